The van der Waals surface area contributed by atoms with Crippen LogP contribution in [-0.4, -0.2) is 5.11 Å². The third kappa shape index (κ3) is 1.98. The monoisotopic (exact) mass is 276 g/mol. The average Bonchev–Trinajstić information content (AvgIpc) is 2.26. The van der Waals surface area contributed by atoms with Gasteiger partial charge in [0.25, 0.3) is 0 Å². The van der Waals surface area contributed by atoms with E-state index in [4.69, 9.17) is 0 Å². The summed E-state index contributed by atoms with van der Waals surface area (Å²) in [5.41, 5.74) is 4.88. The Hall–Kier alpha value is -1.28. The van der Waals surface area contributed by atoms with Crippen LogP contribution in [0.2, 0.25) is 0 Å². The molecule has 0 aromatic heterocycles. The maximum atomic E-state index is 9.47. The molecule has 0 fully saturated rings. The van der Waals surface area contributed by atoms with Gasteiger partial charge >= 0.3 is 0 Å². The molecule has 1 N–H and O–H groups in total. The van der Waals surface area contributed by atoms with E-state index in [1.54, 1.807) is 6.07 Å². The Kier molecular flexibility index (Phi) is 3.01. The van der Waals surface area contributed by atoms with E-state index in [1.807, 2.05) is 12.1 Å². The Morgan fingerprint density at radius 1 is 1.06 bits per heavy atom. The first kappa shape index (κ1) is 11.2. The predicted molar refractivity (Wildman–Crippen MR) is 70.7 cm³/mol. The van der Waals surface area contributed by atoms with Gasteiger partial charge in [-0.3, -0.25) is 0 Å². The summed E-state index contributed by atoms with van der Waals surface area (Å²) in [5.74, 6) is 0.272. The second-order valence-corrected chi connectivity index (χ2v) is 4.77. The standard InChI is InChI=1S/C14H13BrO/c1-9-4-3-5-12(10(9)2)11-6-7-14(16)13(15)8-11/h3-8,16H,1-2H3. The van der Waals surface area contributed by atoms with E-state index in [-0.39, 0.29) is 5.75 Å². The molecule has 0 saturated carbocycles. The molecular formula is C14H13BrO. The molecule has 0 amide bonds. The minimum atomic E-state index is 0.272. The minimum Gasteiger partial charge on any atom is -0.507 e. The summed E-state index contributed by atoms with van der Waals surface area (Å²) in [5, 5.41) is 9.47. The van der Waals surface area contributed by atoms with Crippen LogP contribution in [0.5, 0.6) is 5.75 Å². The first-order valence-electron chi connectivity index (χ1n) is 5.14. The van der Waals surface area contributed by atoms with Crippen LogP contribution in [0.15, 0.2) is 40.9 Å². The number of rotatable bonds is 1. The topological polar surface area (TPSA) is 20.2 Å². The first-order chi connectivity index (χ1) is 7.59. The number of phenolic OH excluding ortho intramolecular Hbond substituents is 1. The number of halogens is 1. The van der Waals surface area contributed by atoms with E-state index in [2.05, 4.69) is 48.0 Å². The number of aryl methyl sites for hydroxylation is 1. The van der Waals surface area contributed by atoms with Gasteiger partial charge in [0.15, 0.2) is 0 Å². The lowest BCUT2D eigenvalue weighted by Gasteiger charge is -2.09. The third-order valence-electron chi connectivity index (χ3n) is 2.86. The molecule has 0 unspecified atom stereocenters. The number of hydrogen-bond donors (Lipinski definition) is 1. The molecule has 0 spiro atoms. The van der Waals surface area contributed by atoms with Crippen molar-refractivity contribution in [2.75, 3.05) is 0 Å². The third-order valence-corrected chi connectivity index (χ3v) is 3.50. The second kappa shape index (κ2) is 4.30. The molecule has 2 aromatic rings. The van der Waals surface area contributed by atoms with Crippen LogP contribution in [0.25, 0.3) is 11.1 Å². The molecule has 82 valence electrons. The summed E-state index contributed by atoms with van der Waals surface area (Å²) in [7, 11) is 0. The Labute approximate surface area is 104 Å². The van der Waals surface area contributed by atoms with Gasteiger partial charge in [0.05, 0.1) is 4.47 Å². The van der Waals surface area contributed by atoms with E-state index in [9.17, 15) is 5.11 Å². The molecule has 0 aliphatic heterocycles. The van der Waals surface area contributed by atoms with E-state index in [1.165, 1.54) is 16.7 Å². The molecule has 2 aromatic carbocycles. The highest BCUT2D eigenvalue weighted by Gasteiger charge is 2.05. The highest BCUT2D eigenvalue weighted by molar-refractivity contribution is 9.10. The molecule has 1 nitrogen and oxygen atoms in total. The van der Waals surface area contributed by atoms with Crippen molar-refractivity contribution in [1.29, 1.82) is 0 Å². The van der Waals surface area contributed by atoms with Gasteiger partial charge in [0.2, 0.25) is 0 Å². The number of hydrogen-bond acceptors (Lipinski definition) is 1. The molecule has 0 aliphatic carbocycles. The maximum absolute atomic E-state index is 9.47. The lowest BCUT2D eigenvalue weighted by atomic mass is 9.97. The van der Waals surface area contributed by atoms with Crippen molar-refractivity contribution < 1.29 is 5.11 Å². The van der Waals surface area contributed by atoms with Gasteiger partial charge in [0.1, 0.15) is 5.75 Å². The zero-order chi connectivity index (χ0) is 11.7. The number of aromatic hydroxyl groups is 1. The van der Waals surface area contributed by atoms with Gasteiger partial charge in [-0.1, -0.05) is 24.3 Å². The molecule has 0 atom stereocenters. The van der Waals surface area contributed by atoms with Crippen LogP contribution in [-0.2, 0) is 0 Å². The van der Waals surface area contributed by atoms with Crippen LogP contribution in [0.1, 0.15) is 11.1 Å². The van der Waals surface area contributed by atoms with Gasteiger partial charge in [-0.2, -0.15) is 0 Å². The molecule has 0 bridgehead atoms. The second-order valence-electron chi connectivity index (χ2n) is 3.91. The Morgan fingerprint density at radius 3 is 2.50 bits per heavy atom. The van der Waals surface area contributed by atoms with Crippen LogP contribution >= 0.6 is 15.9 Å². The normalized spacial score (nSPS) is 10.4. The molecular weight excluding hydrogens is 264 g/mol. The fourth-order valence-electron chi connectivity index (χ4n) is 1.74. The zero-order valence-electron chi connectivity index (χ0n) is 9.29. The van der Waals surface area contributed by atoms with Crippen LogP contribution in [0.3, 0.4) is 0 Å². The lowest BCUT2D eigenvalue weighted by molar-refractivity contribution is 0.472. The maximum Gasteiger partial charge on any atom is 0.129 e. The summed E-state index contributed by atoms with van der Waals surface area (Å²) in [6, 6.07) is 11.8. The predicted octanol–water partition coefficient (Wildman–Crippen LogP) is 4.44. The van der Waals surface area contributed by atoms with Crippen molar-refractivity contribution in [3.8, 4) is 16.9 Å². The molecule has 0 aliphatic rings. The van der Waals surface area contributed by atoms with E-state index >= 15 is 0 Å². The van der Waals surface area contributed by atoms with Gasteiger partial charge in [-0.05, 0) is 64.2 Å². The van der Waals surface area contributed by atoms with E-state index in [0.29, 0.717) is 0 Å². The molecule has 2 rings (SSSR count). The fourth-order valence-corrected chi connectivity index (χ4v) is 2.12. The Morgan fingerprint density at radius 2 is 1.81 bits per heavy atom. The van der Waals surface area contributed by atoms with E-state index < -0.39 is 0 Å². The smallest absolute Gasteiger partial charge is 0.129 e. The van der Waals surface area contributed by atoms with Gasteiger partial charge < -0.3 is 5.11 Å². The summed E-state index contributed by atoms with van der Waals surface area (Å²) >= 11 is 3.34. The van der Waals surface area contributed by atoms with Crippen molar-refractivity contribution in [3.63, 3.8) is 0 Å². The van der Waals surface area contributed by atoms with Crippen molar-refractivity contribution in [3.05, 3.63) is 52.0 Å². The first-order valence-corrected chi connectivity index (χ1v) is 5.94. The highest BCUT2D eigenvalue weighted by Crippen LogP contribution is 2.31. The molecule has 2 heteroatoms. The number of phenols is 1. The van der Waals surface area contributed by atoms with Crippen LogP contribution < -0.4 is 0 Å². The SMILES string of the molecule is Cc1cccc(-c2ccc(O)c(Br)c2)c1C. The van der Waals surface area contributed by atoms with E-state index in [0.717, 1.165) is 10.0 Å². The summed E-state index contributed by atoms with van der Waals surface area (Å²) in [4.78, 5) is 0. The largest absolute Gasteiger partial charge is 0.507 e. The minimum absolute atomic E-state index is 0.272. The van der Waals surface area contributed by atoms with Gasteiger partial charge in [-0.25, -0.2) is 0 Å². The Bertz CT molecular complexity index is 532. The van der Waals surface area contributed by atoms with Crippen molar-refractivity contribution in [1.82, 2.24) is 0 Å². The van der Waals surface area contributed by atoms with Crippen molar-refractivity contribution >= 4 is 15.9 Å². The number of benzene rings is 2. The molecule has 0 heterocycles. The average molecular weight is 277 g/mol. The van der Waals surface area contributed by atoms with Crippen molar-refractivity contribution in [2.24, 2.45) is 0 Å². The highest BCUT2D eigenvalue weighted by atomic mass is 79.9. The lowest BCUT2D eigenvalue weighted by Crippen LogP contribution is -1.86. The summed E-state index contributed by atoms with van der Waals surface area (Å²) in [6.07, 6.45) is 0. The fraction of sp³-hybridized carbons (Fsp3) is 0.143. The molecule has 0 radical (unpaired) electrons. The molecule has 16 heavy (non-hydrogen) atoms. The quantitative estimate of drug-likeness (QED) is 0.817. The molecule has 0 saturated heterocycles. The van der Waals surface area contributed by atoms with Gasteiger partial charge in [-0.15, -0.1) is 0 Å². The summed E-state index contributed by atoms with van der Waals surface area (Å²) in [6.45, 7) is 4.22. The van der Waals surface area contributed by atoms with Gasteiger partial charge in [0, 0.05) is 0 Å². The Balaban J connectivity index is 2.59. The van der Waals surface area contributed by atoms with Crippen molar-refractivity contribution in [2.45, 2.75) is 13.8 Å². The summed E-state index contributed by atoms with van der Waals surface area (Å²) < 4.78 is 0.728. The van der Waals surface area contributed by atoms with Crippen LogP contribution in [0.4, 0.5) is 0 Å². The van der Waals surface area contributed by atoms with Crippen LogP contribution in [0, 0.1) is 13.8 Å². The zero-order valence-corrected chi connectivity index (χ0v) is 10.9.